The van der Waals surface area contributed by atoms with Gasteiger partial charge in [0, 0.05) is 15.5 Å². The van der Waals surface area contributed by atoms with Crippen molar-refractivity contribution < 1.29 is 0 Å². The largest absolute Gasteiger partial charge is 0.320 e. The predicted molar refractivity (Wildman–Crippen MR) is 87.7 cm³/mol. The lowest BCUT2D eigenvalue weighted by Crippen LogP contribution is -2.05. The average molecular weight is 371 g/mol. The van der Waals surface area contributed by atoms with E-state index in [0.717, 1.165) is 26.3 Å². The predicted octanol–water partition coefficient (Wildman–Crippen LogP) is 4.91. The summed E-state index contributed by atoms with van der Waals surface area (Å²) in [5, 5.41) is 0.933. The number of aryl methyl sites for hydroxylation is 1. The number of hydrogen-bond acceptors (Lipinski definition) is 3. The van der Waals surface area contributed by atoms with Crippen LogP contribution in [0.15, 0.2) is 28.9 Å². The number of alkyl halides is 1. The Kier molecular flexibility index (Phi) is 3.84. The Morgan fingerprint density at radius 2 is 2.25 bits per heavy atom. The van der Waals surface area contributed by atoms with E-state index in [4.69, 9.17) is 11.6 Å². The van der Waals surface area contributed by atoms with Gasteiger partial charge in [-0.05, 0) is 32.0 Å². The molecule has 0 aliphatic rings. The van der Waals surface area contributed by atoms with Crippen molar-refractivity contribution in [3.63, 3.8) is 0 Å². The highest BCUT2D eigenvalue weighted by Gasteiger charge is 2.16. The molecular formula is C14H13BrClN3S. The number of rotatable bonds is 3. The van der Waals surface area contributed by atoms with Gasteiger partial charge < -0.3 is 4.57 Å². The third-order valence-electron chi connectivity index (χ3n) is 3.06. The van der Waals surface area contributed by atoms with Crippen molar-refractivity contribution in [2.45, 2.75) is 25.8 Å². The quantitative estimate of drug-likeness (QED) is 0.613. The summed E-state index contributed by atoms with van der Waals surface area (Å²) in [6.07, 6.45) is 1.90. The molecule has 3 rings (SSSR count). The molecular weight excluding hydrogens is 358 g/mol. The van der Waals surface area contributed by atoms with Crippen LogP contribution >= 0.6 is 38.9 Å². The van der Waals surface area contributed by atoms with Crippen LogP contribution in [-0.2, 0) is 6.54 Å². The van der Waals surface area contributed by atoms with Crippen molar-refractivity contribution in [1.82, 2.24) is 14.5 Å². The molecule has 0 saturated carbocycles. The normalized spacial score (nSPS) is 13.0. The van der Waals surface area contributed by atoms with Crippen molar-refractivity contribution >= 4 is 49.9 Å². The number of hydrogen-bond donors (Lipinski definition) is 0. The lowest BCUT2D eigenvalue weighted by atomic mass is 10.3. The second-order valence-corrected chi connectivity index (χ2v) is 7.56. The Morgan fingerprint density at radius 1 is 1.45 bits per heavy atom. The topological polar surface area (TPSA) is 30.7 Å². The van der Waals surface area contributed by atoms with Gasteiger partial charge in [0.15, 0.2) is 0 Å². The molecule has 3 nitrogen and oxygen atoms in total. The van der Waals surface area contributed by atoms with Crippen molar-refractivity contribution in [1.29, 1.82) is 0 Å². The lowest BCUT2D eigenvalue weighted by molar-refractivity contribution is 0.738. The summed E-state index contributed by atoms with van der Waals surface area (Å²) in [5.74, 6) is 0.882. The molecule has 1 unspecified atom stereocenters. The maximum Gasteiger partial charge on any atom is 0.128 e. The van der Waals surface area contributed by atoms with Gasteiger partial charge in [0.2, 0.25) is 0 Å². The number of imidazole rings is 1. The number of nitrogens with zero attached hydrogens (tertiary/aromatic N) is 3. The first-order valence-electron chi connectivity index (χ1n) is 6.25. The number of thiazole rings is 1. The van der Waals surface area contributed by atoms with Crippen molar-refractivity contribution in [2.24, 2.45) is 0 Å². The first kappa shape index (κ1) is 14.0. The molecule has 6 heteroatoms. The lowest BCUT2D eigenvalue weighted by Gasteiger charge is -2.08. The van der Waals surface area contributed by atoms with E-state index in [1.807, 2.05) is 25.3 Å². The van der Waals surface area contributed by atoms with Gasteiger partial charge in [-0.15, -0.1) is 22.9 Å². The van der Waals surface area contributed by atoms with Gasteiger partial charge in [-0.3, -0.25) is 0 Å². The fraction of sp³-hybridized carbons (Fsp3) is 0.286. The smallest absolute Gasteiger partial charge is 0.128 e. The summed E-state index contributed by atoms with van der Waals surface area (Å²) in [5.41, 5.74) is 2.04. The van der Waals surface area contributed by atoms with Crippen molar-refractivity contribution in [3.05, 3.63) is 44.6 Å². The van der Waals surface area contributed by atoms with Crippen LogP contribution in [0, 0.1) is 6.92 Å². The third kappa shape index (κ3) is 2.62. The molecule has 0 N–H and O–H groups in total. The van der Waals surface area contributed by atoms with Crippen molar-refractivity contribution in [2.75, 3.05) is 0 Å². The van der Waals surface area contributed by atoms with E-state index >= 15 is 0 Å². The van der Waals surface area contributed by atoms with Crippen LogP contribution in [0.4, 0.5) is 0 Å². The van der Waals surface area contributed by atoms with Crippen molar-refractivity contribution in [3.8, 4) is 0 Å². The Balaban J connectivity index is 2.15. The molecule has 0 amide bonds. The van der Waals surface area contributed by atoms with E-state index in [2.05, 4.69) is 43.5 Å². The third-order valence-corrected chi connectivity index (χ3v) is 4.64. The summed E-state index contributed by atoms with van der Waals surface area (Å²) < 4.78 is 3.19. The molecule has 2 aromatic heterocycles. The summed E-state index contributed by atoms with van der Waals surface area (Å²) in [4.78, 5) is 10.3. The Labute approximate surface area is 134 Å². The molecule has 20 heavy (non-hydrogen) atoms. The van der Waals surface area contributed by atoms with Gasteiger partial charge >= 0.3 is 0 Å². The maximum atomic E-state index is 6.28. The average Bonchev–Trinajstić information content (AvgIpc) is 2.95. The standard InChI is InChI=1S/C14H13BrClN3S/c1-8-6-17-13(20-8)7-19-12-5-10(15)3-4-11(12)18-14(19)9(2)16/h3-6,9H,7H2,1-2H3. The molecule has 2 heterocycles. The highest BCUT2D eigenvalue weighted by molar-refractivity contribution is 9.10. The molecule has 3 aromatic rings. The van der Waals surface area contributed by atoms with E-state index < -0.39 is 0 Å². The Hall–Kier alpha value is -0.910. The summed E-state index contributed by atoms with van der Waals surface area (Å²) >= 11 is 11.5. The zero-order chi connectivity index (χ0) is 14.3. The molecule has 1 atom stereocenters. The van der Waals surface area contributed by atoms with Gasteiger partial charge in [0.25, 0.3) is 0 Å². The van der Waals surface area contributed by atoms with E-state index in [0.29, 0.717) is 6.54 Å². The van der Waals surface area contributed by atoms with E-state index in [1.54, 1.807) is 11.3 Å². The molecule has 104 valence electrons. The zero-order valence-corrected chi connectivity index (χ0v) is 14.3. The molecule has 0 bridgehead atoms. The fourth-order valence-corrected chi connectivity index (χ4v) is 3.49. The number of fused-ring (bicyclic) bond motifs is 1. The van der Waals surface area contributed by atoms with Gasteiger partial charge in [0.05, 0.1) is 23.0 Å². The number of aromatic nitrogens is 3. The SMILES string of the molecule is Cc1cnc(Cn2c(C(C)Cl)nc3ccc(Br)cc32)s1. The van der Waals surface area contributed by atoms with Gasteiger partial charge in [-0.1, -0.05) is 15.9 Å². The monoisotopic (exact) mass is 369 g/mol. The van der Waals surface area contributed by atoms with Crippen LogP contribution in [0.25, 0.3) is 11.0 Å². The second kappa shape index (κ2) is 5.47. The minimum atomic E-state index is -0.137. The highest BCUT2D eigenvalue weighted by Crippen LogP contribution is 2.28. The second-order valence-electron chi connectivity index (χ2n) is 4.67. The molecule has 0 saturated heterocycles. The van der Waals surface area contributed by atoms with Gasteiger partial charge in [0.1, 0.15) is 10.8 Å². The summed E-state index contributed by atoms with van der Waals surface area (Å²) in [6, 6.07) is 6.08. The van der Waals surface area contributed by atoms with Crippen LogP contribution in [0.2, 0.25) is 0 Å². The fourth-order valence-electron chi connectivity index (χ4n) is 2.19. The first-order chi connectivity index (χ1) is 9.54. The molecule has 0 aliphatic carbocycles. The summed E-state index contributed by atoms with van der Waals surface area (Å²) in [6.45, 7) is 4.72. The molecule has 1 aromatic carbocycles. The Bertz CT molecular complexity index is 763. The first-order valence-corrected chi connectivity index (χ1v) is 8.30. The number of benzene rings is 1. The van der Waals surface area contributed by atoms with E-state index in [-0.39, 0.29) is 5.38 Å². The summed E-state index contributed by atoms with van der Waals surface area (Å²) in [7, 11) is 0. The molecule has 0 spiro atoms. The molecule has 0 aliphatic heterocycles. The Morgan fingerprint density at radius 3 is 2.90 bits per heavy atom. The maximum absolute atomic E-state index is 6.28. The van der Waals surface area contributed by atoms with Gasteiger partial charge in [-0.25, -0.2) is 9.97 Å². The minimum Gasteiger partial charge on any atom is -0.320 e. The highest BCUT2D eigenvalue weighted by atomic mass is 79.9. The molecule has 0 fully saturated rings. The zero-order valence-electron chi connectivity index (χ0n) is 11.1. The van der Waals surface area contributed by atoms with Crippen LogP contribution in [0.3, 0.4) is 0 Å². The van der Waals surface area contributed by atoms with E-state index in [1.165, 1.54) is 4.88 Å². The molecule has 0 radical (unpaired) electrons. The van der Waals surface area contributed by atoms with Crippen LogP contribution < -0.4 is 0 Å². The van der Waals surface area contributed by atoms with Gasteiger partial charge in [-0.2, -0.15) is 0 Å². The van der Waals surface area contributed by atoms with Crippen LogP contribution in [0.5, 0.6) is 0 Å². The van der Waals surface area contributed by atoms with Crippen LogP contribution in [0.1, 0.15) is 28.0 Å². The minimum absolute atomic E-state index is 0.137. The van der Waals surface area contributed by atoms with E-state index in [9.17, 15) is 0 Å². The van der Waals surface area contributed by atoms with Crippen LogP contribution in [-0.4, -0.2) is 14.5 Å². The number of halogens is 2.